The van der Waals surface area contributed by atoms with E-state index in [1.165, 1.54) is 5.56 Å². The molecule has 1 heterocycles. The minimum absolute atomic E-state index is 0.204. The van der Waals surface area contributed by atoms with E-state index in [4.69, 9.17) is 5.73 Å². The molecular formula is C22H24N2O2S. The predicted molar refractivity (Wildman–Crippen MR) is 114 cm³/mol. The van der Waals surface area contributed by atoms with Crippen LogP contribution in [0.2, 0.25) is 0 Å². The number of anilines is 1. The number of benzene rings is 2. The number of nitrogens with two attached hydrogens (primary N) is 1. The topological polar surface area (TPSA) is 75.3 Å². The number of nitrogens with one attached hydrogen (secondary N) is 1. The molecule has 0 fully saturated rings. The molecule has 3 aromatic rings. The summed E-state index contributed by atoms with van der Waals surface area (Å²) in [6, 6.07) is 9.89. The smallest absolute Gasteiger partial charge is 0.211 e. The van der Waals surface area contributed by atoms with Gasteiger partial charge < -0.3 is 16.2 Å². The lowest BCUT2D eigenvalue weighted by Gasteiger charge is -2.19. The first kappa shape index (κ1) is 19.1. The summed E-state index contributed by atoms with van der Waals surface area (Å²) in [5, 5.41) is 15.7. The molecule has 0 aliphatic carbocycles. The van der Waals surface area contributed by atoms with Crippen LogP contribution in [0.15, 0.2) is 35.7 Å². The van der Waals surface area contributed by atoms with Crippen LogP contribution < -0.4 is 11.1 Å². The van der Waals surface area contributed by atoms with Crippen LogP contribution in [0, 0.1) is 20.8 Å². The highest BCUT2D eigenvalue weighted by molar-refractivity contribution is 7.10. The molecule has 0 bridgehead atoms. The summed E-state index contributed by atoms with van der Waals surface area (Å²) in [5.41, 5.74) is 13.1. The fraction of sp³-hybridized carbons (Fsp3) is 0.227. The number of rotatable bonds is 6. The Morgan fingerprint density at radius 1 is 1.11 bits per heavy atom. The van der Waals surface area contributed by atoms with Crippen molar-refractivity contribution in [3.63, 3.8) is 0 Å². The van der Waals surface area contributed by atoms with Gasteiger partial charge in [0.25, 0.3) is 0 Å². The Labute approximate surface area is 163 Å². The molecule has 27 heavy (non-hydrogen) atoms. The van der Waals surface area contributed by atoms with Gasteiger partial charge >= 0.3 is 0 Å². The van der Waals surface area contributed by atoms with Crippen molar-refractivity contribution in [3.8, 4) is 28.0 Å². The van der Waals surface area contributed by atoms with Crippen LogP contribution in [0.25, 0.3) is 22.3 Å². The highest BCUT2D eigenvalue weighted by atomic mass is 32.1. The van der Waals surface area contributed by atoms with Crippen molar-refractivity contribution in [1.29, 1.82) is 0 Å². The van der Waals surface area contributed by atoms with E-state index in [9.17, 15) is 9.90 Å². The van der Waals surface area contributed by atoms with E-state index in [1.807, 2.05) is 31.4 Å². The zero-order valence-electron chi connectivity index (χ0n) is 15.8. The molecule has 0 aliphatic rings. The number of aromatic hydroxyl groups is 1. The van der Waals surface area contributed by atoms with Gasteiger partial charge in [0.05, 0.1) is 5.69 Å². The Bertz CT molecular complexity index is 992. The van der Waals surface area contributed by atoms with E-state index in [0.717, 1.165) is 50.4 Å². The lowest BCUT2D eigenvalue weighted by molar-refractivity contribution is -0.105. The average Bonchev–Trinajstić information content (AvgIpc) is 3.05. The van der Waals surface area contributed by atoms with E-state index < -0.39 is 0 Å². The lowest BCUT2D eigenvalue weighted by Crippen LogP contribution is -2.04. The molecule has 0 unspecified atom stereocenters. The minimum Gasteiger partial charge on any atom is -0.507 e. The first-order valence-electron chi connectivity index (χ1n) is 8.89. The van der Waals surface area contributed by atoms with Crippen molar-refractivity contribution >= 4 is 23.4 Å². The summed E-state index contributed by atoms with van der Waals surface area (Å²) >= 11 is 1.64. The molecule has 1 amide bonds. The average molecular weight is 381 g/mol. The molecule has 0 atom stereocenters. The summed E-state index contributed by atoms with van der Waals surface area (Å²) in [6.07, 6.45) is 1.50. The molecule has 3 rings (SSSR count). The fourth-order valence-electron chi connectivity index (χ4n) is 3.54. The molecule has 140 valence electrons. The van der Waals surface area contributed by atoms with E-state index in [1.54, 1.807) is 17.4 Å². The maximum absolute atomic E-state index is 11.3. The Morgan fingerprint density at radius 3 is 2.48 bits per heavy atom. The van der Waals surface area contributed by atoms with Crippen molar-refractivity contribution in [3.05, 3.63) is 57.3 Å². The normalized spacial score (nSPS) is 10.8. The molecule has 4 nitrogen and oxygen atoms in total. The number of hydrogen-bond acceptors (Lipinski definition) is 4. The van der Waals surface area contributed by atoms with Gasteiger partial charge in [0.15, 0.2) is 0 Å². The number of carbonyl (C=O) groups excluding carboxylic acids is 1. The van der Waals surface area contributed by atoms with E-state index >= 15 is 0 Å². The Kier molecular flexibility index (Phi) is 5.63. The standard InChI is InChI=1S/C22H24N2O2S/c1-13-10-17(5-4-16(13)6-8-23)20-19(26)11-14(2)22(24-12-25)21(20)18-7-9-27-15(18)3/h4-5,7,9-12,26H,6,8,23H2,1-3H3,(H,24,25). The number of carbonyl (C=O) groups is 1. The first-order chi connectivity index (χ1) is 13.0. The van der Waals surface area contributed by atoms with Crippen LogP contribution in [-0.2, 0) is 11.2 Å². The second kappa shape index (κ2) is 7.94. The third-order valence-electron chi connectivity index (χ3n) is 4.88. The predicted octanol–water partition coefficient (Wildman–Crippen LogP) is 4.78. The molecule has 0 aliphatic heterocycles. The highest BCUT2D eigenvalue weighted by Gasteiger charge is 2.21. The fourth-order valence-corrected chi connectivity index (χ4v) is 4.24. The van der Waals surface area contributed by atoms with Crippen LogP contribution >= 0.6 is 11.3 Å². The summed E-state index contributed by atoms with van der Waals surface area (Å²) in [5.74, 6) is 0.204. The lowest BCUT2D eigenvalue weighted by atomic mass is 9.89. The van der Waals surface area contributed by atoms with Crippen LogP contribution in [-0.4, -0.2) is 18.1 Å². The summed E-state index contributed by atoms with van der Waals surface area (Å²) in [6.45, 7) is 6.59. The Balaban J connectivity index is 2.32. The quantitative estimate of drug-likeness (QED) is 0.425. The summed E-state index contributed by atoms with van der Waals surface area (Å²) in [7, 11) is 0. The third kappa shape index (κ3) is 3.61. The maximum atomic E-state index is 11.3. The second-order valence-electron chi connectivity index (χ2n) is 6.67. The number of amides is 1. The van der Waals surface area contributed by atoms with Crippen molar-refractivity contribution in [1.82, 2.24) is 0 Å². The Morgan fingerprint density at radius 2 is 1.89 bits per heavy atom. The van der Waals surface area contributed by atoms with Gasteiger partial charge in [-0.3, -0.25) is 4.79 Å². The molecule has 4 N–H and O–H groups in total. The molecule has 1 aromatic heterocycles. The summed E-state index contributed by atoms with van der Waals surface area (Å²) < 4.78 is 0. The van der Waals surface area contributed by atoms with Crippen molar-refractivity contribution in [2.24, 2.45) is 5.73 Å². The largest absolute Gasteiger partial charge is 0.507 e. The summed E-state index contributed by atoms with van der Waals surface area (Å²) in [4.78, 5) is 12.4. The van der Waals surface area contributed by atoms with Crippen molar-refractivity contribution in [2.75, 3.05) is 11.9 Å². The molecule has 0 spiro atoms. The molecular weight excluding hydrogens is 356 g/mol. The Hall–Kier alpha value is -2.63. The molecule has 0 saturated carbocycles. The number of phenols is 1. The molecule has 2 aromatic carbocycles. The van der Waals surface area contributed by atoms with E-state index in [2.05, 4.69) is 24.4 Å². The van der Waals surface area contributed by atoms with Crippen LogP contribution in [0.5, 0.6) is 5.75 Å². The van der Waals surface area contributed by atoms with Crippen LogP contribution in [0.1, 0.15) is 21.6 Å². The highest BCUT2D eigenvalue weighted by Crippen LogP contribution is 2.47. The van der Waals surface area contributed by atoms with Gasteiger partial charge in [-0.15, -0.1) is 11.3 Å². The van der Waals surface area contributed by atoms with E-state index in [-0.39, 0.29) is 5.75 Å². The molecule has 5 heteroatoms. The van der Waals surface area contributed by atoms with Gasteiger partial charge in [-0.2, -0.15) is 0 Å². The van der Waals surface area contributed by atoms with Gasteiger partial charge in [-0.25, -0.2) is 0 Å². The van der Waals surface area contributed by atoms with Crippen LogP contribution in [0.4, 0.5) is 5.69 Å². The van der Waals surface area contributed by atoms with Gasteiger partial charge in [0.1, 0.15) is 5.75 Å². The SMILES string of the molecule is Cc1cc(-c2c(O)cc(C)c(NC=O)c2-c2ccsc2C)ccc1CCN. The molecule has 0 saturated heterocycles. The van der Waals surface area contributed by atoms with Gasteiger partial charge in [0, 0.05) is 16.0 Å². The van der Waals surface area contributed by atoms with E-state index in [0.29, 0.717) is 13.0 Å². The number of thiophene rings is 1. The molecule has 0 radical (unpaired) electrons. The first-order valence-corrected chi connectivity index (χ1v) is 9.77. The van der Waals surface area contributed by atoms with Gasteiger partial charge in [-0.05, 0) is 79.1 Å². The zero-order chi connectivity index (χ0) is 19.6. The monoisotopic (exact) mass is 380 g/mol. The minimum atomic E-state index is 0.204. The number of hydrogen-bond donors (Lipinski definition) is 3. The van der Waals surface area contributed by atoms with Crippen molar-refractivity contribution in [2.45, 2.75) is 27.2 Å². The van der Waals surface area contributed by atoms with Crippen LogP contribution in [0.3, 0.4) is 0 Å². The maximum Gasteiger partial charge on any atom is 0.211 e. The number of phenolic OH excluding ortho intramolecular Hbond substituents is 1. The van der Waals surface area contributed by atoms with Gasteiger partial charge in [-0.1, -0.05) is 18.2 Å². The van der Waals surface area contributed by atoms with Gasteiger partial charge in [0.2, 0.25) is 6.41 Å². The second-order valence-corrected chi connectivity index (χ2v) is 7.79. The van der Waals surface area contributed by atoms with Crippen molar-refractivity contribution < 1.29 is 9.90 Å². The number of aryl methyl sites for hydroxylation is 3. The third-order valence-corrected chi connectivity index (χ3v) is 5.73. The zero-order valence-corrected chi connectivity index (χ0v) is 16.6.